The molecule has 1 heteroatoms. The van der Waals surface area contributed by atoms with Crippen molar-refractivity contribution in [3.8, 4) is 0 Å². The van der Waals surface area contributed by atoms with E-state index in [1.807, 2.05) is 0 Å². The van der Waals surface area contributed by atoms with Crippen LogP contribution in [0.5, 0.6) is 0 Å². The third-order valence-corrected chi connectivity index (χ3v) is 3.02. The average molecular weight is 213 g/mol. The van der Waals surface area contributed by atoms with Crippen molar-refractivity contribution in [1.82, 2.24) is 4.98 Å². The summed E-state index contributed by atoms with van der Waals surface area (Å²) in [6.45, 7) is 6.65. The standard InChI is InChI=1S/C15H19N/c1-4-7-15-13-9-6-5-8-12(13)14(10-16-15)11(2)3/h5-6,8-11H,4,7H2,1-3H3. The van der Waals surface area contributed by atoms with Crippen LogP contribution in [0, 0.1) is 0 Å². The first-order valence-corrected chi connectivity index (χ1v) is 6.10. The van der Waals surface area contributed by atoms with Crippen LogP contribution in [0.3, 0.4) is 0 Å². The first-order chi connectivity index (χ1) is 7.74. The smallest absolute Gasteiger partial charge is 0.0481 e. The highest BCUT2D eigenvalue weighted by molar-refractivity contribution is 5.87. The summed E-state index contributed by atoms with van der Waals surface area (Å²) < 4.78 is 0. The molecule has 0 aliphatic heterocycles. The predicted octanol–water partition coefficient (Wildman–Crippen LogP) is 4.31. The van der Waals surface area contributed by atoms with Gasteiger partial charge in [0.05, 0.1) is 0 Å². The fourth-order valence-corrected chi connectivity index (χ4v) is 2.17. The van der Waals surface area contributed by atoms with Crippen molar-refractivity contribution in [1.29, 1.82) is 0 Å². The summed E-state index contributed by atoms with van der Waals surface area (Å²) in [7, 11) is 0. The van der Waals surface area contributed by atoms with E-state index >= 15 is 0 Å². The second kappa shape index (κ2) is 4.65. The van der Waals surface area contributed by atoms with E-state index in [1.54, 1.807) is 0 Å². The molecule has 1 nitrogen and oxygen atoms in total. The van der Waals surface area contributed by atoms with Gasteiger partial charge in [-0.2, -0.15) is 0 Å². The molecule has 16 heavy (non-hydrogen) atoms. The molecule has 0 fully saturated rings. The van der Waals surface area contributed by atoms with Crippen LogP contribution in [0.2, 0.25) is 0 Å². The number of aromatic nitrogens is 1. The van der Waals surface area contributed by atoms with Crippen LogP contribution in [0.15, 0.2) is 30.5 Å². The fourth-order valence-electron chi connectivity index (χ4n) is 2.17. The number of benzene rings is 1. The maximum atomic E-state index is 4.62. The Morgan fingerprint density at radius 2 is 1.81 bits per heavy atom. The minimum Gasteiger partial charge on any atom is -0.260 e. The maximum Gasteiger partial charge on any atom is 0.0481 e. The van der Waals surface area contributed by atoms with Gasteiger partial charge < -0.3 is 0 Å². The molecule has 0 radical (unpaired) electrons. The van der Waals surface area contributed by atoms with Gasteiger partial charge in [0.2, 0.25) is 0 Å². The number of hydrogen-bond donors (Lipinski definition) is 0. The predicted molar refractivity (Wildman–Crippen MR) is 69.8 cm³/mol. The maximum absolute atomic E-state index is 4.62. The van der Waals surface area contributed by atoms with Crippen LogP contribution in [0.25, 0.3) is 10.8 Å². The third-order valence-electron chi connectivity index (χ3n) is 3.02. The number of nitrogens with zero attached hydrogens (tertiary/aromatic N) is 1. The van der Waals surface area contributed by atoms with Crippen molar-refractivity contribution in [3.63, 3.8) is 0 Å². The zero-order chi connectivity index (χ0) is 11.5. The van der Waals surface area contributed by atoms with Crippen LogP contribution in [-0.2, 0) is 6.42 Å². The Kier molecular flexibility index (Phi) is 3.23. The lowest BCUT2D eigenvalue weighted by Crippen LogP contribution is -1.97. The van der Waals surface area contributed by atoms with Gasteiger partial charge in [-0.25, -0.2) is 0 Å². The Morgan fingerprint density at radius 3 is 2.44 bits per heavy atom. The van der Waals surface area contributed by atoms with E-state index in [1.165, 1.54) is 22.0 Å². The van der Waals surface area contributed by atoms with Crippen molar-refractivity contribution in [2.45, 2.75) is 39.5 Å². The Bertz CT molecular complexity index is 486. The van der Waals surface area contributed by atoms with Gasteiger partial charge in [-0.15, -0.1) is 0 Å². The Morgan fingerprint density at radius 1 is 1.12 bits per heavy atom. The Balaban J connectivity index is 2.67. The van der Waals surface area contributed by atoms with Crippen molar-refractivity contribution in [2.24, 2.45) is 0 Å². The number of fused-ring (bicyclic) bond motifs is 1. The van der Waals surface area contributed by atoms with Crippen LogP contribution >= 0.6 is 0 Å². The quantitative estimate of drug-likeness (QED) is 0.740. The number of aryl methyl sites for hydroxylation is 1. The molecule has 84 valence electrons. The van der Waals surface area contributed by atoms with Crippen molar-refractivity contribution < 1.29 is 0 Å². The lowest BCUT2D eigenvalue weighted by atomic mass is 9.96. The number of rotatable bonds is 3. The first kappa shape index (κ1) is 11.1. The minimum absolute atomic E-state index is 0.535. The summed E-state index contributed by atoms with van der Waals surface area (Å²) >= 11 is 0. The summed E-state index contributed by atoms with van der Waals surface area (Å²) in [4.78, 5) is 4.62. The van der Waals surface area contributed by atoms with Gasteiger partial charge in [-0.1, -0.05) is 51.5 Å². The molecular weight excluding hydrogens is 194 g/mol. The zero-order valence-electron chi connectivity index (χ0n) is 10.3. The molecule has 0 saturated heterocycles. The van der Waals surface area contributed by atoms with Gasteiger partial charge in [-0.05, 0) is 23.3 Å². The highest BCUT2D eigenvalue weighted by Gasteiger charge is 2.08. The molecule has 0 atom stereocenters. The highest BCUT2D eigenvalue weighted by Crippen LogP contribution is 2.26. The van der Waals surface area contributed by atoms with E-state index in [4.69, 9.17) is 0 Å². The molecule has 1 heterocycles. The molecule has 0 amide bonds. The van der Waals surface area contributed by atoms with Crippen molar-refractivity contribution in [3.05, 3.63) is 41.7 Å². The summed E-state index contributed by atoms with van der Waals surface area (Å²) in [6, 6.07) is 8.63. The number of hydrogen-bond acceptors (Lipinski definition) is 1. The van der Waals surface area contributed by atoms with Gasteiger partial charge in [0.15, 0.2) is 0 Å². The van der Waals surface area contributed by atoms with Gasteiger partial charge in [0.25, 0.3) is 0 Å². The molecule has 2 rings (SSSR count). The van der Waals surface area contributed by atoms with Crippen LogP contribution in [0.1, 0.15) is 44.4 Å². The molecule has 0 unspecified atom stereocenters. The first-order valence-electron chi connectivity index (χ1n) is 6.10. The summed E-state index contributed by atoms with van der Waals surface area (Å²) in [6.07, 6.45) is 4.27. The van der Waals surface area contributed by atoms with Crippen LogP contribution < -0.4 is 0 Å². The topological polar surface area (TPSA) is 12.9 Å². The molecular formula is C15H19N. The molecule has 2 aromatic rings. The second-order valence-corrected chi connectivity index (χ2v) is 4.61. The highest BCUT2D eigenvalue weighted by atomic mass is 14.7. The molecule has 1 aromatic carbocycles. The van der Waals surface area contributed by atoms with E-state index in [-0.39, 0.29) is 0 Å². The summed E-state index contributed by atoms with van der Waals surface area (Å²) in [5.74, 6) is 0.535. The van der Waals surface area contributed by atoms with E-state index in [9.17, 15) is 0 Å². The van der Waals surface area contributed by atoms with E-state index in [0.29, 0.717) is 5.92 Å². The van der Waals surface area contributed by atoms with Crippen molar-refractivity contribution >= 4 is 10.8 Å². The molecule has 0 aliphatic rings. The van der Waals surface area contributed by atoms with Gasteiger partial charge >= 0.3 is 0 Å². The van der Waals surface area contributed by atoms with Gasteiger partial charge in [0, 0.05) is 17.3 Å². The van der Waals surface area contributed by atoms with Crippen LogP contribution in [0.4, 0.5) is 0 Å². The lowest BCUT2D eigenvalue weighted by molar-refractivity contribution is 0.851. The van der Waals surface area contributed by atoms with E-state index < -0.39 is 0 Å². The monoisotopic (exact) mass is 213 g/mol. The zero-order valence-corrected chi connectivity index (χ0v) is 10.3. The molecule has 1 aromatic heterocycles. The third kappa shape index (κ3) is 1.95. The fraction of sp³-hybridized carbons (Fsp3) is 0.400. The average Bonchev–Trinajstić information content (AvgIpc) is 2.29. The largest absolute Gasteiger partial charge is 0.260 e. The molecule has 0 aliphatic carbocycles. The Labute approximate surface area is 97.5 Å². The number of pyridine rings is 1. The normalized spacial score (nSPS) is 11.2. The second-order valence-electron chi connectivity index (χ2n) is 4.61. The SMILES string of the molecule is CCCc1ncc(C(C)C)c2ccccc12. The molecule has 0 spiro atoms. The molecule has 0 saturated carbocycles. The van der Waals surface area contributed by atoms with Crippen LogP contribution in [-0.4, -0.2) is 4.98 Å². The van der Waals surface area contributed by atoms with Gasteiger partial charge in [0.1, 0.15) is 0 Å². The Hall–Kier alpha value is -1.37. The van der Waals surface area contributed by atoms with Crippen molar-refractivity contribution in [2.75, 3.05) is 0 Å². The molecule has 0 N–H and O–H groups in total. The van der Waals surface area contributed by atoms with E-state index in [2.05, 4.69) is 56.2 Å². The van der Waals surface area contributed by atoms with E-state index in [0.717, 1.165) is 12.8 Å². The summed E-state index contributed by atoms with van der Waals surface area (Å²) in [5, 5.41) is 2.70. The minimum atomic E-state index is 0.535. The summed E-state index contributed by atoms with van der Waals surface area (Å²) in [5.41, 5.74) is 2.60. The lowest BCUT2D eigenvalue weighted by Gasteiger charge is -2.12. The molecule has 0 bridgehead atoms. The van der Waals surface area contributed by atoms with Gasteiger partial charge in [-0.3, -0.25) is 4.98 Å².